The van der Waals surface area contributed by atoms with Gasteiger partial charge in [-0.1, -0.05) is 37.5 Å². The molecule has 1 aromatic carbocycles. The zero-order chi connectivity index (χ0) is 11.5. The molecule has 1 heterocycles. The van der Waals surface area contributed by atoms with Gasteiger partial charge in [0.25, 0.3) is 0 Å². The van der Waals surface area contributed by atoms with Gasteiger partial charge in [-0.15, -0.1) is 0 Å². The first-order valence-electron chi connectivity index (χ1n) is 4.99. The van der Waals surface area contributed by atoms with Crippen LogP contribution in [0.2, 0.25) is 0 Å². The van der Waals surface area contributed by atoms with E-state index in [1.807, 2.05) is 12.1 Å². The molecule has 2 aromatic rings. The first-order chi connectivity index (χ1) is 7.76. The highest BCUT2D eigenvalue weighted by atomic mass is 19.1. The molecule has 0 atom stereocenters. The van der Waals surface area contributed by atoms with Crippen LogP contribution in [0.5, 0.6) is 0 Å². The van der Waals surface area contributed by atoms with E-state index in [4.69, 9.17) is 0 Å². The topological polar surface area (TPSA) is 15.8 Å². The minimum Gasteiger partial charge on any atom is -0.354 e. The molecule has 0 radical (unpaired) electrons. The van der Waals surface area contributed by atoms with Crippen LogP contribution in [0.1, 0.15) is 5.69 Å². The molecule has 2 rings (SSSR count). The second-order valence-corrected chi connectivity index (χ2v) is 3.45. The van der Waals surface area contributed by atoms with Gasteiger partial charge in [-0.2, -0.15) is 0 Å². The van der Waals surface area contributed by atoms with Crippen LogP contribution < -0.4 is 0 Å². The van der Waals surface area contributed by atoms with Gasteiger partial charge in [-0.3, -0.25) is 0 Å². The first kappa shape index (κ1) is 10.4. The Morgan fingerprint density at radius 3 is 2.75 bits per heavy atom. The lowest BCUT2D eigenvalue weighted by Gasteiger charge is -1.95. The van der Waals surface area contributed by atoms with E-state index in [0.29, 0.717) is 5.39 Å². The van der Waals surface area contributed by atoms with Crippen LogP contribution in [0.15, 0.2) is 55.7 Å². The highest BCUT2D eigenvalue weighted by molar-refractivity contribution is 5.87. The smallest absolute Gasteiger partial charge is 0.132 e. The number of hydrogen-bond donors (Lipinski definition) is 1. The summed E-state index contributed by atoms with van der Waals surface area (Å²) in [5.74, 6) is -0.220. The molecule has 1 N–H and O–H groups in total. The maximum Gasteiger partial charge on any atom is 0.132 e. The molecular weight excluding hydrogens is 201 g/mol. The molecule has 1 aromatic heterocycles. The maximum absolute atomic E-state index is 13.5. The van der Waals surface area contributed by atoms with Crippen LogP contribution in [0.25, 0.3) is 16.5 Å². The van der Waals surface area contributed by atoms with Crippen molar-refractivity contribution in [1.82, 2.24) is 4.98 Å². The molecule has 0 spiro atoms. The molecule has 16 heavy (non-hydrogen) atoms. The van der Waals surface area contributed by atoms with E-state index >= 15 is 0 Å². The average molecular weight is 213 g/mol. The van der Waals surface area contributed by atoms with Gasteiger partial charge in [-0.05, 0) is 23.8 Å². The largest absolute Gasteiger partial charge is 0.354 e. The van der Waals surface area contributed by atoms with Crippen LogP contribution in [-0.4, -0.2) is 4.98 Å². The van der Waals surface area contributed by atoms with Crippen molar-refractivity contribution in [1.29, 1.82) is 0 Å². The van der Waals surface area contributed by atoms with Gasteiger partial charge in [0.2, 0.25) is 0 Å². The Hall–Kier alpha value is -2.09. The van der Waals surface area contributed by atoms with Crippen molar-refractivity contribution in [2.24, 2.45) is 0 Å². The fraction of sp³-hybridized carbons (Fsp3) is 0. The highest BCUT2D eigenvalue weighted by Gasteiger charge is 2.06. The summed E-state index contributed by atoms with van der Waals surface area (Å²) in [5, 5.41) is 0.592. The zero-order valence-corrected chi connectivity index (χ0v) is 8.83. The third-order valence-corrected chi connectivity index (χ3v) is 2.44. The lowest BCUT2D eigenvalue weighted by molar-refractivity contribution is 0.640. The van der Waals surface area contributed by atoms with E-state index in [9.17, 15) is 4.39 Å². The first-order valence-corrected chi connectivity index (χ1v) is 4.99. The molecule has 0 saturated carbocycles. The molecule has 2 heteroatoms. The Labute approximate surface area is 93.6 Å². The summed E-state index contributed by atoms with van der Waals surface area (Å²) in [6.45, 7) is 7.35. The van der Waals surface area contributed by atoms with Crippen molar-refractivity contribution in [2.45, 2.75) is 0 Å². The second-order valence-electron chi connectivity index (χ2n) is 3.45. The lowest BCUT2D eigenvalue weighted by atomic mass is 10.1. The van der Waals surface area contributed by atoms with Crippen LogP contribution in [0.4, 0.5) is 4.39 Å². The fourth-order valence-electron chi connectivity index (χ4n) is 1.67. The predicted octanol–water partition coefficient (Wildman–Crippen LogP) is 4.06. The Balaban J connectivity index is 2.63. The minimum atomic E-state index is -0.220. The number of hydrogen-bond acceptors (Lipinski definition) is 0. The molecule has 0 amide bonds. The number of benzene rings is 1. The Morgan fingerprint density at radius 1 is 1.31 bits per heavy atom. The van der Waals surface area contributed by atoms with Crippen LogP contribution in [0, 0.1) is 5.82 Å². The number of aromatic amines is 1. The number of aromatic nitrogens is 1. The van der Waals surface area contributed by atoms with Crippen molar-refractivity contribution in [3.8, 4) is 0 Å². The van der Waals surface area contributed by atoms with Crippen molar-refractivity contribution < 1.29 is 4.39 Å². The van der Waals surface area contributed by atoms with E-state index in [-0.39, 0.29) is 5.82 Å². The molecule has 0 saturated heterocycles. The summed E-state index contributed by atoms with van der Waals surface area (Å²) in [6.07, 6.45) is 5.22. The van der Waals surface area contributed by atoms with Crippen molar-refractivity contribution in [3.05, 3.63) is 67.2 Å². The van der Waals surface area contributed by atoms with Crippen molar-refractivity contribution in [2.75, 3.05) is 0 Å². The molecule has 1 nitrogen and oxygen atoms in total. The summed E-state index contributed by atoms with van der Waals surface area (Å²) >= 11 is 0. The van der Waals surface area contributed by atoms with Gasteiger partial charge in [0.1, 0.15) is 5.82 Å². The Bertz CT molecular complexity index is 575. The number of rotatable bonds is 3. The van der Waals surface area contributed by atoms with Gasteiger partial charge < -0.3 is 4.98 Å². The Kier molecular flexibility index (Phi) is 2.73. The molecule has 0 fully saturated rings. The summed E-state index contributed by atoms with van der Waals surface area (Å²) in [6, 6.07) is 6.76. The molecule has 0 aliphatic carbocycles. The average Bonchev–Trinajstić information content (AvgIpc) is 2.71. The number of fused-ring (bicyclic) bond motifs is 1. The summed E-state index contributed by atoms with van der Waals surface area (Å²) in [4.78, 5) is 3.14. The Morgan fingerprint density at radius 2 is 2.12 bits per heavy atom. The number of H-pyrrole nitrogens is 1. The molecule has 0 aliphatic heterocycles. The molecule has 80 valence electrons. The van der Waals surface area contributed by atoms with E-state index in [0.717, 1.165) is 16.8 Å². The van der Waals surface area contributed by atoms with Gasteiger partial charge in [-0.25, -0.2) is 4.39 Å². The third-order valence-electron chi connectivity index (χ3n) is 2.44. The summed E-state index contributed by atoms with van der Waals surface area (Å²) < 4.78 is 13.5. The van der Waals surface area contributed by atoms with E-state index in [1.165, 1.54) is 6.07 Å². The normalized spacial score (nSPS) is 11.7. The number of allylic oxidation sites excluding steroid dienone is 4. The molecule has 0 bridgehead atoms. The van der Waals surface area contributed by atoms with Crippen LogP contribution in [0.3, 0.4) is 0 Å². The minimum absolute atomic E-state index is 0.220. The summed E-state index contributed by atoms with van der Waals surface area (Å²) in [7, 11) is 0. The van der Waals surface area contributed by atoms with E-state index in [2.05, 4.69) is 18.1 Å². The van der Waals surface area contributed by atoms with Crippen molar-refractivity contribution in [3.63, 3.8) is 0 Å². The standard InChI is InChI=1S/C14H12FN/c1-3-6-10(4-2)14-9-11-12(15)7-5-8-13(11)16-14/h3-9,16H,1-2H2/b10-6+. The number of nitrogens with one attached hydrogen (secondary N) is 1. The highest BCUT2D eigenvalue weighted by Crippen LogP contribution is 2.23. The number of halogens is 1. The molecular formula is C14H12FN. The second kappa shape index (κ2) is 4.19. The monoisotopic (exact) mass is 213 g/mol. The van der Waals surface area contributed by atoms with Gasteiger partial charge in [0.05, 0.1) is 0 Å². The van der Waals surface area contributed by atoms with Gasteiger partial charge in [0, 0.05) is 16.6 Å². The zero-order valence-electron chi connectivity index (χ0n) is 8.83. The molecule has 0 aliphatic rings. The van der Waals surface area contributed by atoms with Gasteiger partial charge in [0.15, 0.2) is 0 Å². The predicted molar refractivity (Wildman–Crippen MR) is 66.6 cm³/mol. The van der Waals surface area contributed by atoms with Crippen LogP contribution >= 0.6 is 0 Å². The van der Waals surface area contributed by atoms with E-state index in [1.54, 1.807) is 24.3 Å². The van der Waals surface area contributed by atoms with Crippen molar-refractivity contribution >= 4 is 16.5 Å². The quantitative estimate of drug-likeness (QED) is 0.740. The third kappa shape index (κ3) is 1.70. The van der Waals surface area contributed by atoms with Crippen LogP contribution in [-0.2, 0) is 0 Å². The van der Waals surface area contributed by atoms with E-state index < -0.39 is 0 Å². The fourth-order valence-corrected chi connectivity index (χ4v) is 1.67. The maximum atomic E-state index is 13.5. The molecule has 0 unspecified atom stereocenters. The SMILES string of the molecule is C=C/C=C(\C=C)c1cc2c(F)cccc2[nH]1. The lowest BCUT2D eigenvalue weighted by Crippen LogP contribution is -1.78. The van der Waals surface area contributed by atoms with Gasteiger partial charge >= 0.3 is 0 Å². The summed E-state index contributed by atoms with van der Waals surface area (Å²) in [5.41, 5.74) is 2.52.